The Hall–Kier alpha value is -1.36. The predicted molar refractivity (Wildman–Crippen MR) is 52.4 cm³/mol. The molecule has 0 aliphatic carbocycles. The van der Waals surface area contributed by atoms with E-state index in [1.807, 2.05) is 0 Å². The number of benzene rings is 1. The SMILES string of the molecule is COc1ccc2c(c1)S(=O)(=O)N=C2C. The van der Waals surface area contributed by atoms with E-state index < -0.39 is 10.0 Å². The zero-order valence-electron chi connectivity index (χ0n) is 7.81. The maximum absolute atomic E-state index is 11.5. The lowest BCUT2D eigenvalue weighted by Gasteiger charge is -2.02. The first-order valence-electron chi connectivity index (χ1n) is 4.04. The van der Waals surface area contributed by atoms with Crippen molar-refractivity contribution in [1.82, 2.24) is 0 Å². The summed E-state index contributed by atoms with van der Waals surface area (Å²) >= 11 is 0. The van der Waals surface area contributed by atoms with E-state index in [1.54, 1.807) is 19.1 Å². The molecular weight excluding hydrogens is 202 g/mol. The van der Waals surface area contributed by atoms with Crippen LogP contribution in [0.2, 0.25) is 0 Å². The van der Waals surface area contributed by atoms with Gasteiger partial charge in [-0.2, -0.15) is 12.8 Å². The molecule has 0 bridgehead atoms. The molecule has 0 radical (unpaired) electrons. The van der Waals surface area contributed by atoms with E-state index in [9.17, 15) is 8.42 Å². The molecule has 1 aromatic carbocycles. The summed E-state index contributed by atoms with van der Waals surface area (Å²) in [6.45, 7) is 1.68. The van der Waals surface area contributed by atoms with Gasteiger partial charge < -0.3 is 4.74 Å². The molecule has 14 heavy (non-hydrogen) atoms. The van der Waals surface area contributed by atoms with E-state index in [-0.39, 0.29) is 4.90 Å². The van der Waals surface area contributed by atoms with E-state index >= 15 is 0 Å². The van der Waals surface area contributed by atoms with Crippen molar-refractivity contribution in [3.05, 3.63) is 23.8 Å². The van der Waals surface area contributed by atoms with Gasteiger partial charge in [-0.3, -0.25) is 0 Å². The van der Waals surface area contributed by atoms with Gasteiger partial charge in [0.25, 0.3) is 10.0 Å². The van der Waals surface area contributed by atoms with E-state index in [4.69, 9.17) is 4.74 Å². The summed E-state index contributed by atoms with van der Waals surface area (Å²) in [5, 5.41) is 0. The van der Waals surface area contributed by atoms with Crippen molar-refractivity contribution in [3.63, 3.8) is 0 Å². The summed E-state index contributed by atoms with van der Waals surface area (Å²) in [5.41, 5.74) is 1.19. The number of methoxy groups -OCH3 is 1. The van der Waals surface area contributed by atoms with Gasteiger partial charge in [-0.15, -0.1) is 0 Å². The average Bonchev–Trinajstić information content (AvgIpc) is 2.37. The number of hydrogen-bond donors (Lipinski definition) is 0. The minimum absolute atomic E-state index is 0.231. The molecule has 0 spiro atoms. The van der Waals surface area contributed by atoms with Crippen LogP contribution in [0, 0.1) is 0 Å². The molecule has 0 atom stereocenters. The standard InChI is InChI=1S/C9H9NO3S/c1-6-8-4-3-7(13-2)5-9(8)14(11,12)10-6/h3-5H,1-2H3. The van der Waals surface area contributed by atoms with Gasteiger partial charge in [-0.1, -0.05) is 0 Å². The van der Waals surface area contributed by atoms with Gasteiger partial charge in [-0.25, -0.2) is 0 Å². The van der Waals surface area contributed by atoms with Gasteiger partial charge in [0.2, 0.25) is 0 Å². The van der Waals surface area contributed by atoms with Gasteiger partial charge >= 0.3 is 0 Å². The topological polar surface area (TPSA) is 55.7 Å². The fourth-order valence-corrected chi connectivity index (χ4v) is 2.74. The summed E-state index contributed by atoms with van der Waals surface area (Å²) in [4.78, 5) is 0.231. The van der Waals surface area contributed by atoms with Crippen molar-refractivity contribution in [2.45, 2.75) is 11.8 Å². The highest BCUT2D eigenvalue weighted by Crippen LogP contribution is 2.29. The second-order valence-electron chi connectivity index (χ2n) is 3.01. The molecule has 1 aromatic rings. The summed E-state index contributed by atoms with van der Waals surface area (Å²) in [7, 11) is -1.98. The van der Waals surface area contributed by atoms with Crippen molar-refractivity contribution >= 4 is 15.7 Å². The smallest absolute Gasteiger partial charge is 0.283 e. The lowest BCUT2D eigenvalue weighted by molar-refractivity contribution is 0.413. The first-order chi connectivity index (χ1) is 6.54. The average molecular weight is 211 g/mol. The zero-order valence-corrected chi connectivity index (χ0v) is 8.63. The third-order valence-electron chi connectivity index (χ3n) is 2.11. The molecule has 0 saturated carbocycles. The monoisotopic (exact) mass is 211 g/mol. The van der Waals surface area contributed by atoms with Crippen LogP contribution in [0.5, 0.6) is 5.75 Å². The van der Waals surface area contributed by atoms with E-state index in [2.05, 4.69) is 4.40 Å². The molecule has 1 aliphatic heterocycles. The molecule has 4 nitrogen and oxygen atoms in total. The first kappa shape index (κ1) is 9.21. The molecule has 5 heteroatoms. The van der Waals surface area contributed by atoms with E-state index in [0.29, 0.717) is 17.0 Å². The number of sulfonamides is 1. The van der Waals surface area contributed by atoms with Crippen LogP contribution in [0.1, 0.15) is 12.5 Å². The van der Waals surface area contributed by atoms with Gasteiger partial charge in [0, 0.05) is 11.6 Å². The molecule has 0 fully saturated rings. The Bertz CT molecular complexity index is 517. The molecule has 74 valence electrons. The molecule has 0 N–H and O–H groups in total. The zero-order chi connectivity index (χ0) is 10.3. The van der Waals surface area contributed by atoms with Crippen molar-refractivity contribution in [3.8, 4) is 5.75 Å². The highest BCUT2D eigenvalue weighted by atomic mass is 32.2. The lowest BCUT2D eigenvalue weighted by atomic mass is 10.1. The Kier molecular flexibility index (Phi) is 1.85. The Balaban J connectivity index is 2.72. The third kappa shape index (κ3) is 1.21. The highest BCUT2D eigenvalue weighted by molar-refractivity contribution is 7.90. The number of rotatable bonds is 1. The first-order valence-corrected chi connectivity index (χ1v) is 5.48. The van der Waals surface area contributed by atoms with Crippen molar-refractivity contribution < 1.29 is 13.2 Å². The maximum atomic E-state index is 11.5. The van der Waals surface area contributed by atoms with Gasteiger partial charge in [0.1, 0.15) is 10.6 Å². The maximum Gasteiger partial charge on any atom is 0.283 e. The Morgan fingerprint density at radius 1 is 1.36 bits per heavy atom. The number of fused-ring (bicyclic) bond motifs is 1. The van der Waals surface area contributed by atoms with Gasteiger partial charge in [-0.05, 0) is 19.1 Å². The van der Waals surface area contributed by atoms with Crippen LogP contribution in [0.3, 0.4) is 0 Å². The minimum Gasteiger partial charge on any atom is -0.497 e. The van der Waals surface area contributed by atoms with Crippen LogP contribution in [-0.2, 0) is 10.0 Å². The van der Waals surface area contributed by atoms with Gasteiger partial charge in [0.15, 0.2) is 0 Å². The van der Waals surface area contributed by atoms with Crippen LogP contribution in [0.4, 0.5) is 0 Å². The fraction of sp³-hybridized carbons (Fsp3) is 0.222. The van der Waals surface area contributed by atoms with E-state index in [0.717, 1.165) is 0 Å². The molecule has 2 rings (SSSR count). The minimum atomic E-state index is -3.48. The fourth-order valence-electron chi connectivity index (χ4n) is 1.42. The molecule has 0 saturated heterocycles. The van der Waals surface area contributed by atoms with Crippen molar-refractivity contribution in [1.29, 1.82) is 0 Å². The number of nitrogens with zero attached hydrogens (tertiary/aromatic N) is 1. The molecule has 0 unspecified atom stereocenters. The van der Waals surface area contributed by atoms with E-state index in [1.165, 1.54) is 13.2 Å². The van der Waals surface area contributed by atoms with Crippen molar-refractivity contribution in [2.75, 3.05) is 7.11 Å². The van der Waals surface area contributed by atoms with Crippen LogP contribution >= 0.6 is 0 Å². The largest absolute Gasteiger partial charge is 0.497 e. The van der Waals surface area contributed by atoms with Gasteiger partial charge in [0.05, 0.1) is 12.8 Å². The molecule has 1 heterocycles. The van der Waals surface area contributed by atoms with Crippen LogP contribution < -0.4 is 4.74 Å². The second kappa shape index (κ2) is 2.81. The Labute approximate surface area is 82.3 Å². The lowest BCUT2D eigenvalue weighted by Crippen LogP contribution is -1.95. The highest BCUT2D eigenvalue weighted by Gasteiger charge is 2.26. The van der Waals surface area contributed by atoms with Crippen LogP contribution in [-0.4, -0.2) is 21.2 Å². The van der Waals surface area contributed by atoms with Crippen LogP contribution in [0.25, 0.3) is 0 Å². The summed E-state index contributed by atoms with van der Waals surface area (Å²) in [6, 6.07) is 4.92. The molecular formula is C9H9NO3S. The summed E-state index contributed by atoms with van der Waals surface area (Å²) in [5.74, 6) is 0.525. The van der Waals surface area contributed by atoms with Crippen molar-refractivity contribution in [2.24, 2.45) is 4.40 Å². The number of ether oxygens (including phenoxy) is 1. The van der Waals surface area contributed by atoms with Crippen LogP contribution in [0.15, 0.2) is 27.5 Å². The Morgan fingerprint density at radius 2 is 2.07 bits per heavy atom. The molecule has 0 aromatic heterocycles. The molecule has 0 amide bonds. The summed E-state index contributed by atoms with van der Waals surface area (Å²) in [6.07, 6.45) is 0. The predicted octanol–water partition coefficient (Wildman–Crippen LogP) is 1.21. The molecule has 1 aliphatic rings. The normalized spacial score (nSPS) is 17.4. The quantitative estimate of drug-likeness (QED) is 0.701. The summed E-state index contributed by atoms with van der Waals surface area (Å²) < 4.78 is 31.5. The second-order valence-corrected chi connectivity index (χ2v) is 4.59. The Morgan fingerprint density at radius 3 is 2.71 bits per heavy atom. The third-order valence-corrected chi connectivity index (χ3v) is 3.52. The number of hydrogen-bond acceptors (Lipinski definition) is 3.